The van der Waals surface area contributed by atoms with Crippen molar-refractivity contribution in [2.45, 2.75) is 39.5 Å². The van der Waals surface area contributed by atoms with Crippen LogP contribution >= 0.6 is 0 Å². The summed E-state index contributed by atoms with van der Waals surface area (Å²) in [6.45, 7) is 3.94. The second-order valence-electron chi connectivity index (χ2n) is 5.52. The van der Waals surface area contributed by atoms with Gasteiger partial charge in [-0.25, -0.2) is 9.59 Å². The molecule has 0 spiro atoms. The number of allylic oxidation sites excluding steroid dienone is 1. The van der Waals surface area contributed by atoms with Crippen LogP contribution in [0.5, 0.6) is 0 Å². The Kier molecular flexibility index (Phi) is 5.04. The smallest absolute Gasteiger partial charge is 0.336 e. The van der Waals surface area contributed by atoms with E-state index in [1.54, 1.807) is 13.1 Å². The number of methoxy groups -OCH3 is 1. The lowest BCUT2D eigenvalue weighted by molar-refractivity contribution is -0.139. The second-order valence-corrected chi connectivity index (χ2v) is 5.52. The van der Waals surface area contributed by atoms with E-state index in [2.05, 4.69) is 5.32 Å². The SMILES string of the molecule is CCOC(=O)C1=CNC(C)=C(C(=O)OC)C1C1CCCC1. The summed E-state index contributed by atoms with van der Waals surface area (Å²) in [6.07, 6.45) is 6.00. The molecule has 1 unspecified atom stereocenters. The highest BCUT2D eigenvalue weighted by Crippen LogP contribution is 2.42. The van der Waals surface area contributed by atoms with Gasteiger partial charge >= 0.3 is 11.9 Å². The first-order valence-corrected chi connectivity index (χ1v) is 7.53. The minimum absolute atomic E-state index is 0.222. The van der Waals surface area contributed by atoms with Crippen molar-refractivity contribution in [3.05, 3.63) is 23.0 Å². The predicted octanol–water partition coefficient (Wildman–Crippen LogP) is 2.29. The molecule has 116 valence electrons. The summed E-state index contributed by atoms with van der Waals surface area (Å²) in [5, 5.41) is 3.01. The molecule has 0 amide bonds. The zero-order valence-corrected chi connectivity index (χ0v) is 12.9. The van der Waals surface area contributed by atoms with E-state index < -0.39 is 0 Å². The fourth-order valence-corrected chi connectivity index (χ4v) is 3.31. The minimum atomic E-state index is -0.369. The highest BCUT2D eigenvalue weighted by Gasteiger charge is 2.40. The van der Waals surface area contributed by atoms with Gasteiger partial charge in [0.2, 0.25) is 0 Å². The Hall–Kier alpha value is -1.78. The van der Waals surface area contributed by atoms with Crippen molar-refractivity contribution in [2.24, 2.45) is 11.8 Å². The highest BCUT2D eigenvalue weighted by molar-refractivity contribution is 5.97. The molecule has 21 heavy (non-hydrogen) atoms. The van der Waals surface area contributed by atoms with Crippen LogP contribution in [-0.4, -0.2) is 25.7 Å². The van der Waals surface area contributed by atoms with Crippen molar-refractivity contribution >= 4 is 11.9 Å². The number of ether oxygens (including phenoxy) is 2. The topological polar surface area (TPSA) is 64.6 Å². The molecule has 0 radical (unpaired) electrons. The molecule has 1 saturated carbocycles. The molecule has 1 atom stereocenters. The molecule has 1 aliphatic heterocycles. The average molecular weight is 293 g/mol. The van der Waals surface area contributed by atoms with Crippen LogP contribution in [0.3, 0.4) is 0 Å². The van der Waals surface area contributed by atoms with Crippen molar-refractivity contribution in [2.75, 3.05) is 13.7 Å². The number of carbonyl (C=O) groups excluding carboxylic acids is 2. The first-order chi connectivity index (χ1) is 10.1. The van der Waals surface area contributed by atoms with Crippen molar-refractivity contribution in [1.29, 1.82) is 0 Å². The van der Waals surface area contributed by atoms with E-state index in [1.807, 2.05) is 6.92 Å². The number of hydrogen-bond acceptors (Lipinski definition) is 5. The number of esters is 2. The number of nitrogens with one attached hydrogen (secondary N) is 1. The molecule has 5 heteroatoms. The van der Waals surface area contributed by atoms with Crippen LogP contribution in [0.2, 0.25) is 0 Å². The molecule has 5 nitrogen and oxygen atoms in total. The van der Waals surface area contributed by atoms with Crippen molar-refractivity contribution in [3.8, 4) is 0 Å². The second kappa shape index (κ2) is 6.78. The maximum Gasteiger partial charge on any atom is 0.336 e. The summed E-state index contributed by atoms with van der Waals surface area (Å²) in [6, 6.07) is 0. The van der Waals surface area contributed by atoms with Gasteiger partial charge in [0.05, 0.1) is 24.9 Å². The molecule has 1 fully saturated rings. The van der Waals surface area contributed by atoms with E-state index in [1.165, 1.54) is 7.11 Å². The van der Waals surface area contributed by atoms with Crippen LogP contribution in [0.1, 0.15) is 39.5 Å². The molecule has 2 rings (SSSR count). The van der Waals surface area contributed by atoms with E-state index in [9.17, 15) is 9.59 Å². The van der Waals surface area contributed by atoms with Crippen molar-refractivity contribution < 1.29 is 19.1 Å². The number of carbonyl (C=O) groups is 2. The average Bonchev–Trinajstić information content (AvgIpc) is 3.00. The van der Waals surface area contributed by atoms with Gasteiger partial charge in [0, 0.05) is 17.8 Å². The fourth-order valence-electron chi connectivity index (χ4n) is 3.31. The van der Waals surface area contributed by atoms with Gasteiger partial charge in [-0.3, -0.25) is 0 Å². The van der Waals surface area contributed by atoms with E-state index in [4.69, 9.17) is 9.47 Å². The molecule has 2 aliphatic rings. The van der Waals surface area contributed by atoms with Gasteiger partial charge in [-0.2, -0.15) is 0 Å². The zero-order chi connectivity index (χ0) is 15.4. The lowest BCUT2D eigenvalue weighted by Gasteiger charge is -2.31. The summed E-state index contributed by atoms with van der Waals surface area (Å²) < 4.78 is 10.1. The Balaban J connectivity index is 2.37. The number of dihydropyridines is 1. The van der Waals surface area contributed by atoms with Crippen molar-refractivity contribution in [3.63, 3.8) is 0 Å². The quantitative estimate of drug-likeness (QED) is 0.806. The Morgan fingerprint density at radius 3 is 2.52 bits per heavy atom. The van der Waals surface area contributed by atoms with Crippen LogP contribution in [0.25, 0.3) is 0 Å². The Morgan fingerprint density at radius 2 is 1.95 bits per heavy atom. The third kappa shape index (κ3) is 3.12. The van der Waals surface area contributed by atoms with Crippen LogP contribution < -0.4 is 5.32 Å². The van der Waals surface area contributed by atoms with Crippen LogP contribution in [0, 0.1) is 11.8 Å². The molecule has 0 aromatic rings. The van der Waals surface area contributed by atoms with Crippen LogP contribution in [-0.2, 0) is 19.1 Å². The van der Waals surface area contributed by atoms with Gasteiger partial charge in [0.1, 0.15) is 0 Å². The lowest BCUT2D eigenvalue weighted by Crippen LogP contribution is -2.34. The predicted molar refractivity (Wildman–Crippen MR) is 78.0 cm³/mol. The summed E-state index contributed by atoms with van der Waals surface area (Å²) in [7, 11) is 1.37. The molecular weight excluding hydrogens is 270 g/mol. The van der Waals surface area contributed by atoms with Gasteiger partial charge in [-0.1, -0.05) is 12.8 Å². The third-order valence-corrected chi connectivity index (χ3v) is 4.28. The van der Waals surface area contributed by atoms with Crippen molar-refractivity contribution in [1.82, 2.24) is 5.32 Å². The van der Waals surface area contributed by atoms with Gasteiger partial charge < -0.3 is 14.8 Å². The number of rotatable bonds is 4. The van der Waals surface area contributed by atoms with Gasteiger partial charge in [0.25, 0.3) is 0 Å². The zero-order valence-electron chi connectivity index (χ0n) is 12.9. The molecule has 1 N–H and O–H groups in total. The van der Waals surface area contributed by atoms with Gasteiger partial charge in [-0.05, 0) is 32.6 Å². The van der Waals surface area contributed by atoms with E-state index in [-0.39, 0.29) is 17.9 Å². The summed E-state index contributed by atoms with van der Waals surface area (Å²) in [4.78, 5) is 24.4. The van der Waals surface area contributed by atoms with Gasteiger partial charge in [-0.15, -0.1) is 0 Å². The fraction of sp³-hybridized carbons (Fsp3) is 0.625. The van der Waals surface area contributed by atoms with E-state index >= 15 is 0 Å². The first kappa shape index (κ1) is 15.6. The lowest BCUT2D eigenvalue weighted by atomic mass is 9.77. The monoisotopic (exact) mass is 293 g/mol. The van der Waals surface area contributed by atoms with Crippen LogP contribution in [0.15, 0.2) is 23.0 Å². The third-order valence-electron chi connectivity index (χ3n) is 4.28. The molecule has 1 heterocycles. The minimum Gasteiger partial charge on any atom is -0.466 e. The maximum absolute atomic E-state index is 12.2. The standard InChI is InChI=1S/C16H23NO4/c1-4-21-15(18)12-9-17-10(2)13(16(19)20-3)14(12)11-7-5-6-8-11/h9,11,14,17H,4-8H2,1-3H3. The van der Waals surface area contributed by atoms with Crippen LogP contribution in [0.4, 0.5) is 0 Å². The molecule has 0 aromatic heterocycles. The Labute approximate surface area is 125 Å². The normalized spacial score (nSPS) is 22.6. The first-order valence-electron chi connectivity index (χ1n) is 7.53. The molecule has 0 saturated heterocycles. The Morgan fingerprint density at radius 1 is 1.29 bits per heavy atom. The van der Waals surface area contributed by atoms with E-state index in [0.717, 1.165) is 31.4 Å². The van der Waals surface area contributed by atoms with E-state index in [0.29, 0.717) is 23.7 Å². The highest BCUT2D eigenvalue weighted by atomic mass is 16.5. The molecule has 0 aromatic carbocycles. The Bertz CT molecular complexity index is 487. The molecule has 0 bridgehead atoms. The summed E-state index contributed by atoms with van der Waals surface area (Å²) in [5.74, 6) is -0.644. The number of hydrogen-bond donors (Lipinski definition) is 1. The maximum atomic E-state index is 12.2. The molecule has 1 aliphatic carbocycles. The van der Waals surface area contributed by atoms with Gasteiger partial charge in [0.15, 0.2) is 0 Å². The molecular formula is C16H23NO4. The summed E-state index contributed by atoms with van der Waals surface area (Å²) in [5.41, 5.74) is 1.86. The largest absolute Gasteiger partial charge is 0.466 e. The summed E-state index contributed by atoms with van der Waals surface area (Å²) >= 11 is 0.